The number of H-pyrrole nitrogens is 1. The molecule has 0 saturated carbocycles. The third-order valence-corrected chi connectivity index (χ3v) is 2.86. The van der Waals surface area contributed by atoms with E-state index in [1.807, 2.05) is 7.05 Å². The molecule has 0 aliphatic carbocycles. The zero-order valence-electron chi connectivity index (χ0n) is 11.4. The number of benzene rings is 1. The molecule has 0 spiro atoms. The van der Waals surface area contributed by atoms with Crippen LogP contribution >= 0.6 is 12.4 Å². The molecule has 0 unspecified atom stereocenters. The molecule has 0 fully saturated rings. The van der Waals surface area contributed by atoms with E-state index < -0.39 is 4.92 Å². The topological polar surface area (TPSA) is 113 Å². The zero-order valence-corrected chi connectivity index (χ0v) is 12.2. The molecule has 1 amide bonds. The Bertz CT molecular complexity index is 643. The van der Waals surface area contributed by atoms with Crippen LogP contribution in [0.1, 0.15) is 16.9 Å². The molecule has 0 saturated heterocycles. The molecule has 1 aromatic carbocycles. The van der Waals surface area contributed by atoms with Gasteiger partial charge in [-0.2, -0.15) is 5.10 Å². The van der Waals surface area contributed by atoms with Crippen molar-refractivity contribution in [3.05, 3.63) is 34.0 Å². The van der Waals surface area contributed by atoms with Crippen molar-refractivity contribution in [2.24, 2.45) is 0 Å². The summed E-state index contributed by atoms with van der Waals surface area (Å²) in [6.07, 6.45) is 0.796. The maximum atomic E-state index is 12.0. The third-order valence-electron chi connectivity index (χ3n) is 2.86. The van der Waals surface area contributed by atoms with Crippen LogP contribution < -0.4 is 10.6 Å². The SMILES string of the molecule is CNCCCNC(=O)c1n[nH]c2ccc([N+](=O)[O-])cc12.Cl. The number of hydrogen-bond donors (Lipinski definition) is 3. The van der Waals surface area contributed by atoms with Gasteiger partial charge in [-0.25, -0.2) is 0 Å². The highest BCUT2D eigenvalue weighted by Crippen LogP contribution is 2.21. The molecule has 3 N–H and O–H groups in total. The quantitative estimate of drug-likeness (QED) is 0.422. The van der Waals surface area contributed by atoms with Crippen molar-refractivity contribution in [2.45, 2.75) is 6.42 Å². The molecule has 2 aromatic rings. The minimum absolute atomic E-state index is 0. The lowest BCUT2D eigenvalue weighted by molar-refractivity contribution is -0.384. The summed E-state index contributed by atoms with van der Waals surface area (Å²) in [5.41, 5.74) is 0.701. The molecular formula is C12H16ClN5O3. The molecule has 0 aliphatic rings. The van der Waals surface area contributed by atoms with E-state index in [-0.39, 0.29) is 29.7 Å². The van der Waals surface area contributed by atoms with Crippen LogP contribution in [0.2, 0.25) is 0 Å². The summed E-state index contributed by atoms with van der Waals surface area (Å²) in [6, 6.07) is 4.26. The van der Waals surface area contributed by atoms with Crippen LogP contribution in [0.15, 0.2) is 18.2 Å². The molecule has 114 valence electrons. The predicted molar refractivity (Wildman–Crippen MR) is 80.9 cm³/mol. The van der Waals surface area contributed by atoms with Gasteiger partial charge in [0.15, 0.2) is 5.69 Å². The number of rotatable bonds is 6. The van der Waals surface area contributed by atoms with Crippen LogP contribution in [0, 0.1) is 10.1 Å². The number of aromatic amines is 1. The molecule has 8 nitrogen and oxygen atoms in total. The fourth-order valence-corrected chi connectivity index (χ4v) is 1.84. The predicted octanol–water partition coefficient (Wildman–Crippen LogP) is 1.23. The monoisotopic (exact) mass is 313 g/mol. The summed E-state index contributed by atoms with van der Waals surface area (Å²) in [5, 5.41) is 23.5. The number of nitrogens with zero attached hydrogens (tertiary/aromatic N) is 2. The van der Waals surface area contributed by atoms with Crippen molar-refractivity contribution in [3.63, 3.8) is 0 Å². The third kappa shape index (κ3) is 3.89. The van der Waals surface area contributed by atoms with Crippen molar-refractivity contribution in [3.8, 4) is 0 Å². The second kappa shape index (κ2) is 7.55. The van der Waals surface area contributed by atoms with Crippen molar-refractivity contribution in [1.29, 1.82) is 0 Å². The van der Waals surface area contributed by atoms with Gasteiger partial charge in [0, 0.05) is 24.1 Å². The number of nitro groups is 1. The van der Waals surface area contributed by atoms with Gasteiger partial charge in [-0.3, -0.25) is 20.0 Å². The minimum atomic E-state index is -0.499. The van der Waals surface area contributed by atoms with E-state index in [1.165, 1.54) is 18.2 Å². The lowest BCUT2D eigenvalue weighted by Crippen LogP contribution is -2.27. The Balaban J connectivity index is 0.00000220. The van der Waals surface area contributed by atoms with E-state index >= 15 is 0 Å². The Morgan fingerprint density at radius 3 is 2.86 bits per heavy atom. The van der Waals surface area contributed by atoms with Gasteiger partial charge in [-0.05, 0) is 26.1 Å². The Hall–Kier alpha value is -2.19. The molecule has 0 bridgehead atoms. The smallest absolute Gasteiger partial charge is 0.272 e. The van der Waals surface area contributed by atoms with Crippen molar-refractivity contribution in [1.82, 2.24) is 20.8 Å². The fraction of sp³-hybridized carbons (Fsp3) is 0.333. The highest BCUT2D eigenvalue weighted by Gasteiger charge is 2.16. The lowest BCUT2D eigenvalue weighted by atomic mass is 10.2. The number of fused-ring (bicyclic) bond motifs is 1. The van der Waals surface area contributed by atoms with Gasteiger partial charge < -0.3 is 10.6 Å². The van der Waals surface area contributed by atoms with Crippen LogP contribution in [0.3, 0.4) is 0 Å². The molecular weight excluding hydrogens is 298 g/mol. The van der Waals surface area contributed by atoms with Crippen LogP contribution in [-0.2, 0) is 0 Å². The van der Waals surface area contributed by atoms with Crippen LogP contribution in [0.4, 0.5) is 5.69 Å². The van der Waals surface area contributed by atoms with Gasteiger partial charge in [-0.1, -0.05) is 0 Å². The van der Waals surface area contributed by atoms with Gasteiger partial charge in [0.05, 0.1) is 10.4 Å². The number of halogens is 1. The highest BCUT2D eigenvalue weighted by molar-refractivity contribution is 6.05. The maximum absolute atomic E-state index is 12.0. The Morgan fingerprint density at radius 1 is 1.43 bits per heavy atom. The molecule has 0 radical (unpaired) electrons. The standard InChI is InChI=1S/C12H15N5O3.ClH/c1-13-5-2-6-14-12(18)11-9-7-8(17(19)20)3-4-10(9)15-16-11;/h3-4,7,13H,2,5-6H2,1H3,(H,14,18)(H,15,16);1H. The van der Waals surface area contributed by atoms with E-state index in [1.54, 1.807) is 0 Å². The fourth-order valence-electron chi connectivity index (χ4n) is 1.84. The minimum Gasteiger partial charge on any atom is -0.351 e. The number of hydrogen-bond acceptors (Lipinski definition) is 5. The summed E-state index contributed by atoms with van der Waals surface area (Å²) in [7, 11) is 1.84. The highest BCUT2D eigenvalue weighted by atomic mass is 35.5. The molecule has 9 heteroatoms. The van der Waals surface area contributed by atoms with E-state index in [2.05, 4.69) is 20.8 Å². The Labute approximate surface area is 126 Å². The van der Waals surface area contributed by atoms with E-state index in [0.29, 0.717) is 17.4 Å². The summed E-state index contributed by atoms with van der Waals surface area (Å²) in [4.78, 5) is 22.2. The number of aromatic nitrogens is 2. The summed E-state index contributed by atoms with van der Waals surface area (Å²) in [6.45, 7) is 1.32. The van der Waals surface area contributed by atoms with Gasteiger partial charge in [0.25, 0.3) is 11.6 Å². The number of nitrogens with one attached hydrogen (secondary N) is 3. The summed E-state index contributed by atoms with van der Waals surface area (Å²) < 4.78 is 0. The first kappa shape index (κ1) is 16.9. The summed E-state index contributed by atoms with van der Waals surface area (Å²) in [5.74, 6) is -0.340. The second-order valence-corrected chi connectivity index (χ2v) is 4.27. The average Bonchev–Trinajstić information content (AvgIpc) is 2.86. The first-order valence-corrected chi connectivity index (χ1v) is 6.19. The first-order valence-electron chi connectivity index (χ1n) is 6.19. The molecule has 21 heavy (non-hydrogen) atoms. The van der Waals surface area contributed by atoms with E-state index in [9.17, 15) is 14.9 Å². The van der Waals surface area contributed by atoms with E-state index in [4.69, 9.17) is 0 Å². The lowest BCUT2D eigenvalue weighted by Gasteiger charge is -2.02. The molecule has 0 aliphatic heterocycles. The largest absolute Gasteiger partial charge is 0.351 e. The number of carbonyl (C=O) groups excluding carboxylic acids is 1. The van der Waals surface area contributed by atoms with Crippen LogP contribution in [0.5, 0.6) is 0 Å². The van der Waals surface area contributed by atoms with Crippen LogP contribution in [0.25, 0.3) is 10.9 Å². The number of non-ortho nitro benzene ring substituents is 1. The normalized spacial score (nSPS) is 10.1. The van der Waals surface area contributed by atoms with Crippen molar-refractivity contribution >= 4 is 34.9 Å². The molecule has 0 atom stereocenters. The van der Waals surface area contributed by atoms with Gasteiger partial charge in [-0.15, -0.1) is 12.4 Å². The number of nitro benzene ring substituents is 1. The number of amides is 1. The molecule has 1 aromatic heterocycles. The maximum Gasteiger partial charge on any atom is 0.272 e. The van der Waals surface area contributed by atoms with Gasteiger partial charge in [0.2, 0.25) is 0 Å². The summed E-state index contributed by atoms with van der Waals surface area (Å²) >= 11 is 0. The van der Waals surface area contributed by atoms with Crippen molar-refractivity contribution < 1.29 is 9.72 Å². The number of carbonyl (C=O) groups is 1. The average molecular weight is 314 g/mol. The van der Waals surface area contributed by atoms with Crippen LogP contribution in [-0.4, -0.2) is 41.2 Å². The van der Waals surface area contributed by atoms with Gasteiger partial charge >= 0.3 is 0 Å². The van der Waals surface area contributed by atoms with E-state index in [0.717, 1.165) is 13.0 Å². The van der Waals surface area contributed by atoms with Crippen molar-refractivity contribution in [2.75, 3.05) is 20.1 Å². The molecule has 1 heterocycles. The Morgan fingerprint density at radius 2 is 2.19 bits per heavy atom. The zero-order chi connectivity index (χ0) is 14.5. The first-order chi connectivity index (χ1) is 9.63. The second-order valence-electron chi connectivity index (χ2n) is 4.27. The Kier molecular flexibility index (Phi) is 6.07. The molecule has 2 rings (SSSR count). The van der Waals surface area contributed by atoms with Gasteiger partial charge in [0.1, 0.15) is 0 Å².